The lowest BCUT2D eigenvalue weighted by molar-refractivity contribution is 0.610. The molecule has 0 saturated heterocycles. The lowest BCUT2D eigenvalue weighted by atomic mass is 10.2. The van der Waals surface area contributed by atoms with Gasteiger partial charge in [0.05, 0.1) is 13.1 Å². The van der Waals surface area contributed by atoms with E-state index < -0.39 is 0 Å². The first-order valence-electron chi connectivity index (χ1n) is 6.99. The molecule has 1 heterocycles. The summed E-state index contributed by atoms with van der Waals surface area (Å²) in [5.41, 5.74) is 1.87. The molecule has 0 fully saturated rings. The smallest absolute Gasteiger partial charge is 0.191 e. The minimum absolute atomic E-state index is 0.216. The van der Waals surface area contributed by atoms with Gasteiger partial charge in [0.25, 0.3) is 0 Å². The predicted octanol–water partition coefficient (Wildman–Crippen LogP) is 3.45. The highest BCUT2D eigenvalue weighted by atomic mass is 32.1. The summed E-state index contributed by atoms with van der Waals surface area (Å²) in [5, 5.41) is 8.53. The van der Waals surface area contributed by atoms with Gasteiger partial charge in [-0.05, 0) is 36.9 Å². The Balaban J connectivity index is 1.99. The highest BCUT2D eigenvalue weighted by Crippen LogP contribution is 2.14. The normalized spacial score (nSPS) is 11.5. The number of aliphatic imine (C=N–C) groups is 1. The molecule has 112 valence electrons. The molecule has 1 aromatic heterocycles. The van der Waals surface area contributed by atoms with Crippen LogP contribution in [0.1, 0.15) is 22.9 Å². The van der Waals surface area contributed by atoms with Gasteiger partial charge < -0.3 is 10.6 Å². The van der Waals surface area contributed by atoms with E-state index in [9.17, 15) is 4.39 Å². The molecule has 2 rings (SSSR count). The van der Waals surface area contributed by atoms with Crippen LogP contribution in [-0.4, -0.2) is 12.5 Å². The van der Waals surface area contributed by atoms with Crippen LogP contribution in [0.15, 0.2) is 40.7 Å². The van der Waals surface area contributed by atoms with Crippen LogP contribution in [0.25, 0.3) is 0 Å². The van der Waals surface area contributed by atoms with E-state index in [1.165, 1.54) is 16.5 Å². The summed E-state index contributed by atoms with van der Waals surface area (Å²) in [6, 6.07) is 8.83. The Morgan fingerprint density at radius 1 is 1.24 bits per heavy atom. The third-order valence-electron chi connectivity index (χ3n) is 3.09. The van der Waals surface area contributed by atoms with Crippen molar-refractivity contribution < 1.29 is 4.39 Å². The highest BCUT2D eigenvalue weighted by Gasteiger charge is 2.03. The van der Waals surface area contributed by atoms with Gasteiger partial charge in [-0.1, -0.05) is 18.2 Å². The average Bonchev–Trinajstić information content (AvgIpc) is 2.89. The van der Waals surface area contributed by atoms with Crippen molar-refractivity contribution in [2.45, 2.75) is 26.9 Å². The number of halogens is 1. The second-order valence-electron chi connectivity index (χ2n) is 4.67. The summed E-state index contributed by atoms with van der Waals surface area (Å²) < 4.78 is 13.6. The first kappa shape index (κ1) is 15.5. The van der Waals surface area contributed by atoms with Gasteiger partial charge >= 0.3 is 0 Å². The third-order valence-corrected chi connectivity index (χ3v) is 4.12. The molecule has 3 nitrogen and oxygen atoms in total. The van der Waals surface area contributed by atoms with Crippen LogP contribution in [0.2, 0.25) is 0 Å². The van der Waals surface area contributed by atoms with Crippen molar-refractivity contribution in [3.63, 3.8) is 0 Å². The third kappa shape index (κ3) is 4.56. The summed E-state index contributed by atoms with van der Waals surface area (Å²) in [7, 11) is 0. The fourth-order valence-corrected chi connectivity index (χ4v) is 2.73. The van der Waals surface area contributed by atoms with Crippen molar-refractivity contribution in [1.82, 2.24) is 10.6 Å². The van der Waals surface area contributed by atoms with Crippen LogP contribution in [0, 0.1) is 12.7 Å². The number of hydrogen-bond donors (Lipinski definition) is 2. The fourth-order valence-electron chi connectivity index (χ4n) is 1.88. The molecule has 21 heavy (non-hydrogen) atoms. The van der Waals surface area contributed by atoms with Crippen LogP contribution in [-0.2, 0) is 13.1 Å². The Hall–Kier alpha value is -1.88. The van der Waals surface area contributed by atoms with E-state index in [-0.39, 0.29) is 5.82 Å². The molecule has 0 radical (unpaired) electrons. The van der Waals surface area contributed by atoms with Crippen molar-refractivity contribution in [3.8, 4) is 0 Å². The molecular formula is C16H20FN3S. The van der Waals surface area contributed by atoms with Crippen LogP contribution in [0.3, 0.4) is 0 Å². The average molecular weight is 305 g/mol. The second-order valence-corrected chi connectivity index (χ2v) is 5.67. The number of nitrogens with one attached hydrogen (secondary N) is 2. The monoisotopic (exact) mass is 305 g/mol. The van der Waals surface area contributed by atoms with Crippen LogP contribution < -0.4 is 10.6 Å². The van der Waals surface area contributed by atoms with Gasteiger partial charge in [0.1, 0.15) is 5.82 Å². The molecule has 0 saturated carbocycles. The molecular weight excluding hydrogens is 285 g/mol. The summed E-state index contributed by atoms with van der Waals surface area (Å²) >= 11 is 1.72. The van der Waals surface area contributed by atoms with Gasteiger partial charge in [-0.3, -0.25) is 0 Å². The lowest BCUT2D eigenvalue weighted by Crippen LogP contribution is -2.36. The molecule has 0 amide bonds. The predicted molar refractivity (Wildman–Crippen MR) is 87.1 cm³/mol. The number of nitrogens with zero attached hydrogens (tertiary/aromatic N) is 1. The van der Waals surface area contributed by atoms with Crippen LogP contribution in [0.4, 0.5) is 4.39 Å². The molecule has 0 atom stereocenters. The fraction of sp³-hybridized carbons (Fsp3) is 0.312. The number of aryl methyl sites for hydroxylation is 1. The zero-order valence-electron chi connectivity index (χ0n) is 12.3. The van der Waals surface area contributed by atoms with E-state index in [0.29, 0.717) is 18.1 Å². The molecule has 2 aromatic rings. The van der Waals surface area contributed by atoms with Crippen molar-refractivity contribution >= 4 is 17.3 Å². The number of thiophene rings is 1. The number of guanidine groups is 1. The number of benzene rings is 1. The minimum atomic E-state index is -0.216. The first-order valence-corrected chi connectivity index (χ1v) is 7.87. The van der Waals surface area contributed by atoms with E-state index in [2.05, 4.69) is 34.0 Å². The molecule has 0 aliphatic heterocycles. The number of hydrogen-bond acceptors (Lipinski definition) is 2. The van der Waals surface area contributed by atoms with Crippen molar-refractivity contribution in [2.75, 3.05) is 6.54 Å². The maximum Gasteiger partial charge on any atom is 0.191 e. The van der Waals surface area contributed by atoms with Gasteiger partial charge in [-0.2, -0.15) is 0 Å². The first-order chi connectivity index (χ1) is 10.2. The highest BCUT2D eigenvalue weighted by molar-refractivity contribution is 7.10. The van der Waals surface area contributed by atoms with E-state index >= 15 is 0 Å². The minimum Gasteiger partial charge on any atom is -0.357 e. The Bertz CT molecular complexity index is 607. The van der Waals surface area contributed by atoms with Crippen molar-refractivity contribution in [2.24, 2.45) is 4.99 Å². The standard InChI is InChI=1S/C16H20FN3S/c1-3-18-16(20-11-15-12(2)8-9-21-15)19-10-13-6-4-5-7-14(13)17/h4-9H,3,10-11H2,1-2H3,(H2,18,19,20). The van der Waals surface area contributed by atoms with Gasteiger partial charge in [-0.25, -0.2) is 9.38 Å². The summed E-state index contributed by atoms with van der Waals surface area (Å²) in [4.78, 5) is 5.72. The van der Waals surface area contributed by atoms with Crippen LogP contribution >= 0.6 is 11.3 Å². The Morgan fingerprint density at radius 2 is 2.05 bits per heavy atom. The maximum absolute atomic E-state index is 13.6. The topological polar surface area (TPSA) is 36.4 Å². The van der Waals surface area contributed by atoms with Crippen LogP contribution in [0.5, 0.6) is 0 Å². The van der Waals surface area contributed by atoms with Crippen molar-refractivity contribution in [3.05, 3.63) is 57.5 Å². The van der Waals surface area contributed by atoms with E-state index in [1.807, 2.05) is 13.0 Å². The zero-order valence-corrected chi connectivity index (χ0v) is 13.1. The molecule has 0 spiro atoms. The second kappa shape index (κ2) is 7.78. The molecule has 5 heteroatoms. The lowest BCUT2D eigenvalue weighted by Gasteiger charge is -2.11. The Labute approximate surface area is 128 Å². The van der Waals surface area contributed by atoms with Gasteiger partial charge in [-0.15, -0.1) is 11.3 Å². The molecule has 2 N–H and O–H groups in total. The zero-order chi connectivity index (χ0) is 15.1. The van der Waals surface area contributed by atoms with Gasteiger partial charge in [0, 0.05) is 17.0 Å². The summed E-state index contributed by atoms with van der Waals surface area (Å²) in [6.45, 7) is 5.93. The number of rotatable bonds is 5. The molecule has 0 bridgehead atoms. The van der Waals surface area contributed by atoms with E-state index in [0.717, 1.165) is 13.1 Å². The van der Waals surface area contributed by atoms with E-state index in [1.54, 1.807) is 23.5 Å². The largest absolute Gasteiger partial charge is 0.357 e. The summed E-state index contributed by atoms with van der Waals surface area (Å²) in [6.07, 6.45) is 0. The van der Waals surface area contributed by atoms with Gasteiger partial charge in [0.15, 0.2) is 5.96 Å². The van der Waals surface area contributed by atoms with E-state index in [4.69, 9.17) is 0 Å². The van der Waals surface area contributed by atoms with Crippen molar-refractivity contribution in [1.29, 1.82) is 0 Å². The Kier molecular flexibility index (Phi) is 5.75. The van der Waals surface area contributed by atoms with Gasteiger partial charge in [0.2, 0.25) is 0 Å². The quantitative estimate of drug-likeness (QED) is 0.656. The maximum atomic E-state index is 13.6. The molecule has 0 aliphatic rings. The molecule has 0 aliphatic carbocycles. The molecule has 0 unspecified atom stereocenters. The molecule has 1 aromatic carbocycles. The Morgan fingerprint density at radius 3 is 2.71 bits per heavy atom. The SMILES string of the molecule is CCNC(=NCc1ccccc1F)NCc1sccc1C. The summed E-state index contributed by atoms with van der Waals surface area (Å²) in [5.74, 6) is 0.486.